The third kappa shape index (κ3) is 27.0. The van der Waals surface area contributed by atoms with E-state index < -0.39 is 27.4 Å². The SMILES string of the molecule is C=CC1CC(/C=C\C2CC(/C=C\C3CC(C=C)C(OCN4C(=O)c5ccc6c7ccc8c9c(ccc(c%10ccc(c5c6%10)C4=O)c97)C(=O)N(C(CCCCCCCC)CCCCCCCC)C8=O)C3)C(OCNC(=O)c3ccc4nc5c6ccc[n+]7c6c6c(ccc[n+]6C7)c5nc4c3)C2)C(OCN=Cc2ccc(-c3sc(-c4ccc(C)s4)c(CCCCCCCC)c3CCCCCCCC)s2)C1.F[P-](F)(F)(F)(F)F.F[P-](F)(F)(F)(F)F. The fraction of sp³-hybridized carbons (Fsp3) is 0.453. The van der Waals surface area contributed by atoms with Gasteiger partial charge < -0.3 is 19.5 Å². The molecule has 3 fully saturated rings. The number of fused-ring (bicyclic) bond motifs is 6. The van der Waals surface area contributed by atoms with Crippen LogP contribution in [0.15, 0.2) is 182 Å². The third-order valence-corrected chi connectivity index (χ3v) is 34.3. The van der Waals surface area contributed by atoms with Gasteiger partial charge in [0.25, 0.3) is 40.6 Å². The van der Waals surface area contributed by atoms with Gasteiger partial charge in [-0.05, 0) is 224 Å². The van der Waals surface area contributed by atoms with Crippen LogP contribution in [0, 0.1) is 42.4 Å². The number of halogens is 12. The normalized spacial score (nSPS) is 20.3. The van der Waals surface area contributed by atoms with E-state index in [0.717, 1.165) is 173 Å². The standard InChI is InChI=1S/C117H133N8O8S3.2F6P/c1-8-14-18-22-26-30-36-82(37-31-27-23-19-15-9-2)125-116(129)92-55-51-86-84-49-53-90-105-91(54-50-85(103(84)105)87-52-56-93(117(125)130)106(92)104(86)87)115(128)124(114(90)127)73-133-98-66-76(63-78(98)13-6)43-46-80-64-77(67-100(80)132-71-119-113(126)81-47-57-96-97(68-81)121-108-95-41-35-61-123-72-122-60-34-40-94(107(108)120-96)109(122)110(95)123)44-45-79-62-75(12-5)65-99(79)131-70-118-69-83-48-59-102(135-83)112-89(39-33-29-25-21-17-11-4)88(38-32-28-24-20-16-10-3)111(136-112)101-58-42-74(7)134-101;2*1-7(2,3,4,5)6/h12-13,34-35,40-61,68-69,75-80,82,98-100H,5-6,8-11,14-33,36-39,62-67,70-73H2,1-4,7H3;;/q+1;2*-1/p+1/b45-44-,46-43-,118-69?;;. The number of carbonyl (C=O) groups is 5. The number of benzene rings is 7. The van der Waals surface area contributed by atoms with Gasteiger partial charge in [-0.25, -0.2) is 14.9 Å². The first-order chi connectivity index (χ1) is 71.6. The van der Waals surface area contributed by atoms with Crippen LogP contribution in [0.5, 0.6) is 0 Å². The molecule has 3 saturated carbocycles. The molecule has 9 unspecified atom stereocenters. The topological polar surface area (TPSA) is 177 Å². The molecule has 6 aromatic heterocycles. The number of rotatable bonds is 48. The molecule has 0 radical (unpaired) electrons. The number of hydrogen-bond acceptors (Lipinski definition) is 14. The van der Waals surface area contributed by atoms with Gasteiger partial charge in [-0.3, -0.25) is 33.9 Å². The van der Waals surface area contributed by atoms with E-state index in [1.54, 1.807) is 16.0 Å². The van der Waals surface area contributed by atoms with Crippen LogP contribution in [0.1, 0.15) is 306 Å². The first kappa shape index (κ1) is 111. The number of nitrogens with one attached hydrogen (secondary N) is 1. The minimum absolute atomic E-state index is 0.00382. The van der Waals surface area contributed by atoms with Gasteiger partial charge in [0, 0.05) is 110 Å². The van der Waals surface area contributed by atoms with E-state index in [2.05, 4.69) is 154 Å². The van der Waals surface area contributed by atoms with Gasteiger partial charge in [0.05, 0.1) is 40.1 Å². The van der Waals surface area contributed by atoms with Gasteiger partial charge in [0.2, 0.25) is 0 Å². The molecule has 802 valence electrons. The van der Waals surface area contributed by atoms with Crippen LogP contribution in [0.3, 0.4) is 0 Å². The van der Waals surface area contributed by atoms with Crippen molar-refractivity contribution in [2.24, 2.45) is 40.5 Å². The number of thiophene rings is 3. The number of aromatic nitrogens is 4. The maximum absolute atomic E-state index is 15.1. The van der Waals surface area contributed by atoms with E-state index in [1.165, 1.54) is 145 Å². The van der Waals surface area contributed by atoms with E-state index >= 15 is 19.2 Å². The Kier molecular flexibility index (Phi) is 33.8. The number of carbonyl (C=O) groups excluding carboxylic acids is 5. The van der Waals surface area contributed by atoms with E-state index in [-0.39, 0.29) is 91.9 Å². The predicted octanol–water partition coefficient (Wildman–Crippen LogP) is 35.1. The van der Waals surface area contributed by atoms with E-state index in [9.17, 15) is 55.2 Å². The molecule has 5 amide bonds. The Hall–Kier alpha value is -10.4. The quantitative estimate of drug-likeness (QED) is 0.00369. The summed E-state index contributed by atoms with van der Waals surface area (Å²) in [4.78, 5) is 101. The zero-order chi connectivity index (χ0) is 106. The molecule has 3 aliphatic carbocycles. The van der Waals surface area contributed by atoms with Crippen molar-refractivity contribution >= 4 is 172 Å². The Morgan fingerprint density at radius 2 is 0.893 bits per heavy atom. The Labute approximate surface area is 879 Å². The first-order valence-electron chi connectivity index (χ1n) is 53.6. The van der Waals surface area contributed by atoms with Crippen LogP contribution >= 0.6 is 49.6 Å². The number of amides is 5. The molecule has 19 rings (SSSR count). The van der Waals surface area contributed by atoms with Crippen molar-refractivity contribution in [1.82, 2.24) is 25.1 Å². The first-order valence-corrected chi connectivity index (χ1v) is 60.1. The Morgan fingerprint density at radius 3 is 1.37 bits per heavy atom. The number of aliphatic imine (C=N–C) groups is 1. The van der Waals surface area contributed by atoms with Crippen molar-refractivity contribution in [3.8, 4) is 19.5 Å². The van der Waals surface area contributed by atoms with Crippen LogP contribution in [-0.2, 0) is 33.7 Å². The van der Waals surface area contributed by atoms with Gasteiger partial charge in [-0.15, -0.1) is 56.3 Å². The van der Waals surface area contributed by atoms with Crippen LogP contribution in [0.25, 0.3) is 106 Å². The molecule has 0 bridgehead atoms. The van der Waals surface area contributed by atoms with Gasteiger partial charge in [0.1, 0.15) is 31.2 Å². The number of allylic oxidation sites excluding steroid dienone is 3. The summed E-state index contributed by atoms with van der Waals surface area (Å²) in [5, 5.41) is 11.6. The summed E-state index contributed by atoms with van der Waals surface area (Å²) < 4.78 is 143. The minimum atomic E-state index is -10.7. The second-order valence-corrected chi connectivity index (χ2v) is 49.0. The van der Waals surface area contributed by atoms with Crippen LogP contribution < -0.4 is 14.5 Å². The Morgan fingerprint density at radius 1 is 0.460 bits per heavy atom. The molecule has 0 saturated heterocycles. The summed E-state index contributed by atoms with van der Waals surface area (Å²) in [6.45, 7) is 20.6. The van der Waals surface area contributed by atoms with Crippen molar-refractivity contribution in [2.75, 3.05) is 20.2 Å². The summed E-state index contributed by atoms with van der Waals surface area (Å²) in [5.41, 5.74) is 10.8. The number of imide groups is 2. The van der Waals surface area contributed by atoms with Gasteiger partial charge in [-0.1, -0.05) is 230 Å². The zero-order valence-electron chi connectivity index (χ0n) is 85.8. The second-order valence-electron chi connectivity index (χ2n) is 41.7. The van der Waals surface area contributed by atoms with E-state index in [0.29, 0.717) is 62.0 Å². The van der Waals surface area contributed by atoms with Gasteiger partial charge in [-0.2, -0.15) is 0 Å². The fourth-order valence-corrected chi connectivity index (χ4v) is 26.9. The monoisotopic (exact) mass is 2160 g/mol. The number of aryl methyl sites for hydroxylation is 1. The number of hydrogen-bond donors (Lipinski definition) is 1. The predicted molar refractivity (Wildman–Crippen MR) is 585 cm³/mol. The van der Waals surface area contributed by atoms with E-state index in [4.69, 9.17) is 29.2 Å². The average Bonchev–Trinajstić information content (AvgIpc) is 0.793. The van der Waals surface area contributed by atoms with Crippen molar-refractivity contribution in [1.29, 1.82) is 0 Å². The van der Waals surface area contributed by atoms with Crippen LogP contribution in [-0.4, -0.2) is 100 Å². The van der Waals surface area contributed by atoms with E-state index in [1.807, 2.05) is 113 Å². The molecule has 1 N–H and O–H groups in total. The molecule has 0 spiro atoms. The summed E-state index contributed by atoms with van der Waals surface area (Å²) in [6, 6.07) is 38.4. The van der Waals surface area contributed by atoms with Crippen molar-refractivity contribution in [3.63, 3.8) is 0 Å². The number of nitrogens with zero attached hydrogens (tertiary/aromatic N) is 7. The second kappa shape index (κ2) is 45.7. The summed E-state index contributed by atoms with van der Waals surface area (Å²) in [5.74, 6) is -0.837. The van der Waals surface area contributed by atoms with Crippen LogP contribution in [0.2, 0.25) is 0 Å². The van der Waals surface area contributed by atoms with Gasteiger partial charge >= 0.3 is 72.6 Å². The van der Waals surface area contributed by atoms with Crippen molar-refractivity contribution in [2.45, 2.75) is 284 Å². The Balaban J connectivity index is 0.00000102. The summed E-state index contributed by atoms with van der Waals surface area (Å²) in [6.07, 6.45) is 57.0. The zero-order valence-corrected chi connectivity index (χ0v) is 90.0. The van der Waals surface area contributed by atoms with Crippen molar-refractivity contribution < 1.29 is 97.7 Å². The number of ether oxygens (including phenoxy) is 3. The fourth-order valence-electron chi connectivity index (χ4n) is 23.5. The third-order valence-electron chi connectivity index (χ3n) is 30.7. The average molecular weight is 2170 g/mol. The Bertz CT molecular complexity index is 7130. The molecule has 33 heteroatoms. The number of pyridine rings is 2. The molecule has 9 atom stereocenters. The van der Waals surface area contributed by atoms with Gasteiger partial charge in [0.15, 0.2) is 12.4 Å². The molecule has 16 nitrogen and oxygen atoms in total. The maximum atomic E-state index is 15.1. The summed E-state index contributed by atoms with van der Waals surface area (Å²) >= 11 is 5.81. The molecule has 6 aliphatic rings. The number of unbranched alkanes of at least 4 members (excludes halogenated alkanes) is 20. The van der Waals surface area contributed by atoms with Crippen molar-refractivity contribution in [3.05, 3.63) is 226 Å². The molecule has 150 heavy (non-hydrogen) atoms. The molecular formula is C117H134F12N8O8P2S3. The van der Waals surface area contributed by atoms with Crippen LogP contribution in [0.4, 0.5) is 50.4 Å². The molecule has 9 heterocycles. The molecular weight excluding hydrogens is 2030 g/mol. The summed E-state index contributed by atoms with van der Waals surface area (Å²) in [7, 11) is -21.3. The molecule has 7 aromatic carbocycles. The molecule has 3 aliphatic heterocycles. The molecule has 13 aromatic rings.